The van der Waals surface area contributed by atoms with E-state index in [1.807, 2.05) is 26.1 Å². The van der Waals surface area contributed by atoms with Gasteiger partial charge in [-0.05, 0) is 31.5 Å². The first-order valence-corrected chi connectivity index (χ1v) is 8.62. The largest absolute Gasteiger partial charge is 0.496 e. The number of hydrogen-bond acceptors (Lipinski definition) is 4. The van der Waals surface area contributed by atoms with Crippen molar-refractivity contribution < 1.29 is 14.3 Å². The fourth-order valence-corrected chi connectivity index (χ4v) is 3.60. The summed E-state index contributed by atoms with van der Waals surface area (Å²) in [5.74, 6) is 0.581. The molecular weight excluding hydrogens is 332 g/mol. The summed E-state index contributed by atoms with van der Waals surface area (Å²) in [6, 6.07) is 6.86. The van der Waals surface area contributed by atoms with Gasteiger partial charge in [0.1, 0.15) is 5.75 Å². The highest BCUT2D eigenvalue weighted by atomic mass is 16.5. The van der Waals surface area contributed by atoms with E-state index in [0.717, 1.165) is 11.3 Å². The molecule has 7 heteroatoms. The van der Waals surface area contributed by atoms with E-state index < -0.39 is 0 Å². The van der Waals surface area contributed by atoms with Gasteiger partial charge < -0.3 is 15.0 Å². The molecule has 1 fully saturated rings. The Morgan fingerprint density at radius 2 is 2.08 bits per heavy atom. The van der Waals surface area contributed by atoms with Gasteiger partial charge in [0.2, 0.25) is 5.91 Å². The molecule has 0 saturated carbocycles. The summed E-state index contributed by atoms with van der Waals surface area (Å²) < 4.78 is 7.05. The number of methoxy groups -OCH3 is 1. The van der Waals surface area contributed by atoms with E-state index in [4.69, 9.17) is 4.74 Å². The van der Waals surface area contributed by atoms with Crippen LogP contribution < -0.4 is 10.1 Å². The normalized spacial score (nSPS) is 20.2. The van der Waals surface area contributed by atoms with Crippen molar-refractivity contribution in [3.05, 3.63) is 47.3 Å². The second-order valence-corrected chi connectivity index (χ2v) is 6.58. The van der Waals surface area contributed by atoms with Crippen molar-refractivity contribution in [2.75, 3.05) is 14.2 Å². The van der Waals surface area contributed by atoms with Crippen LogP contribution in [0.15, 0.2) is 30.5 Å². The zero-order chi connectivity index (χ0) is 18.8. The number of ether oxygens (including phenoxy) is 1. The Kier molecular flexibility index (Phi) is 4.97. The SMILES string of the molecule is COc1cccc(C(=O)N[C@@H]2CCC(=O)N(C)[C@H]2c2ccnn2C)c1C. The minimum Gasteiger partial charge on any atom is -0.496 e. The van der Waals surface area contributed by atoms with E-state index >= 15 is 0 Å². The minimum atomic E-state index is -0.251. The van der Waals surface area contributed by atoms with Gasteiger partial charge in [0.15, 0.2) is 0 Å². The van der Waals surface area contributed by atoms with Crippen LogP contribution in [-0.4, -0.2) is 46.7 Å². The van der Waals surface area contributed by atoms with E-state index in [2.05, 4.69) is 10.4 Å². The summed E-state index contributed by atoms with van der Waals surface area (Å²) in [7, 11) is 5.20. The third-order valence-corrected chi connectivity index (χ3v) is 5.09. The Hall–Kier alpha value is -2.83. The zero-order valence-corrected chi connectivity index (χ0v) is 15.5. The van der Waals surface area contributed by atoms with Gasteiger partial charge in [-0.1, -0.05) is 6.07 Å². The number of hydrogen-bond donors (Lipinski definition) is 1. The lowest BCUT2D eigenvalue weighted by Crippen LogP contribution is -2.51. The maximum absolute atomic E-state index is 12.9. The number of benzene rings is 1. The van der Waals surface area contributed by atoms with Crippen LogP contribution in [0.25, 0.3) is 0 Å². The van der Waals surface area contributed by atoms with Crippen LogP contribution in [-0.2, 0) is 11.8 Å². The standard InChI is InChI=1S/C19H24N4O3/c1-12-13(6-5-7-16(12)26-4)19(25)21-14-8-9-17(24)22(2)18(14)15-10-11-20-23(15)3/h5-7,10-11,14,18H,8-9H2,1-4H3,(H,21,25)/t14-,18-/m1/s1. The van der Waals surface area contributed by atoms with Crippen LogP contribution in [0, 0.1) is 6.92 Å². The molecule has 1 aliphatic heterocycles. The molecule has 2 atom stereocenters. The Labute approximate surface area is 152 Å². The average molecular weight is 356 g/mol. The number of likely N-dealkylation sites (tertiary alicyclic amines) is 1. The number of nitrogens with zero attached hydrogens (tertiary/aromatic N) is 3. The number of carbonyl (C=O) groups excluding carboxylic acids is 2. The Bertz CT molecular complexity index is 830. The van der Waals surface area contributed by atoms with E-state index in [9.17, 15) is 9.59 Å². The second-order valence-electron chi connectivity index (χ2n) is 6.58. The molecule has 2 amide bonds. The van der Waals surface area contributed by atoms with Crippen molar-refractivity contribution in [3.8, 4) is 5.75 Å². The summed E-state index contributed by atoms with van der Waals surface area (Å²) in [5.41, 5.74) is 2.27. The van der Waals surface area contributed by atoms with Crippen LogP contribution in [0.4, 0.5) is 0 Å². The Morgan fingerprint density at radius 3 is 2.73 bits per heavy atom. The number of likely N-dealkylation sites (N-methyl/N-ethyl adjacent to an activating group) is 1. The average Bonchev–Trinajstić information content (AvgIpc) is 3.04. The summed E-state index contributed by atoms with van der Waals surface area (Å²) in [6.45, 7) is 1.86. The molecule has 1 aromatic carbocycles. The molecule has 138 valence electrons. The molecule has 0 unspecified atom stereocenters. The molecule has 7 nitrogen and oxygen atoms in total. The lowest BCUT2D eigenvalue weighted by Gasteiger charge is -2.39. The predicted octanol–water partition coefficient (Wildman–Crippen LogP) is 1.83. The Morgan fingerprint density at radius 1 is 1.31 bits per heavy atom. The Balaban J connectivity index is 1.88. The first-order chi connectivity index (χ1) is 12.4. The minimum absolute atomic E-state index is 0.0688. The van der Waals surface area contributed by atoms with E-state index in [0.29, 0.717) is 24.2 Å². The lowest BCUT2D eigenvalue weighted by atomic mass is 9.93. The van der Waals surface area contributed by atoms with E-state index in [1.54, 1.807) is 42.1 Å². The van der Waals surface area contributed by atoms with Gasteiger partial charge in [-0.3, -0.25) is 14.3 Å². The molecule has 0 spiro atoms. The fraction of sp³-hybridized carbons (Fsp3) is 0.421. The maximum atomic E-state index is 12.9. The summed E-state index contributed by atoms with van der Waals surface area (Å²) in [4.78, 5) is 26.8. The number of carbonyl (C=O) groups is 2. The van der Waals surface area contributed by atoms with E-state index in [-0.39, 0.29) is 23.9 Å². The number of nitrogens with one attached hydrogen (secondary N) is 1. The molecule has 1 N–H and O–H groups in total. The van der Waals surface area contributed by atoms with Crippen molar-refractivity contribution in [1.29, 1.82) is 0 Å². The second kappa shape index (κ2) is 7.19. The molecule has 3 rings (SSSR count). The van der Waals surface area contributed by atoms with Gasteiger partial charge in [0, 0.05) is 37.8 Å². The van der Waals surface area contributed by atoms with E-state index in [1.165, 1.54) is 0 Å². The van der Waals surface area contributed by atoms with Gasteiger partial charge in [-0.15, -0.1) is 0 Å². The van der Waals surface area contributed by atoms with Crippen molar-refractivity contribution in [3.63, 3.8) is 0 Å². The van der Waals surface area contributed by atoms with Crippen molar-refractivity contribution in [2.45, 2.75) is 31.8 Å². The van der Waals surface area contributed by atoms with Gasteiger partial charge in [0.25, 0.3) is 5.91 Å². The summed E-state index contributed by atoms with van der Waals surface area (Å²) in [6.07, 6.45) is 2.70. The van der Waals surface area contributed by atoms with Crippen LogP contribution in [0.1, 0.15) is 40.5 Å². The summed E-state index contributed by atoms with van der Waals surface area (Å²) in [5, 5.41) is 7.32. The molecule has 2 heterocycles. The highest BCUT2D eigenvalue weighted by Gasteiger charge is 2.37. The molecule has 1 aromatic heterocycles. The van der Waals surface area contributed by atoms with Crippen molar-refractivity contribution in [2.24, 2.45) is 7.05 Å². The van der Waals surface area contributed by atoms with Gasteiger partial charge in [0.05, 0.1) is 24.9 Å². The van der Waals surface area contributed by atoms with Crippen LogP contribution in [0.2, 0.25) is 0 Å². The quantitative estimate of drug-likeness (QED) is 0.907. The lowest BCUT2D eigenvalue weighted by molar-refractivity contribution is -0.136. The molecule has 0 aliphatic carbocycles. The first kappa shape index (κ1) is 18.0. The molecule has 0 radical (unpaired) electrons. The molecule has 26 heavy (non-hydrogen) atoms. The highest BCUT2D eigenvalue weighted by Crippen LogP contribution is 2.31. The molecule has 0 bridgehead atoms. The third-order valence-electron chi connectivity index (χ3n) is 5.09. The van der Waals surface area contributed by atoms with Crippen molar-refractivity contribution in [1.82, 2.24) is 20.0 Å². The monoisotopic (exact) mass is 356 g/mol. The van der Waals surface area contributed by atoms with Gasteiger partial charge in [-0.2, -0.15) is 5.10 Å². The molecule has 1 aliphatic rings. The first-order valence-electron chi connectivity index (χ1n) is 8.62. The number of aromatic nitrogens is 2. The third kappa shape index (κ3) is 3.16. The predicted molar refractivity (Wildman–Crippen MR) is 96.9 cm³/mol. The number of piperidine rings is 1. The maximum Gasteiger partial charge on any atom is 0.251 e. The smallest absolute Gasteiger partial charge is 0.251 e. The molecule has 1 saturated heterocycles. The number of amides is 2. The topological polar surface area (TPSA) is 76.5 Å². The zero-order valence-electron chi connectivity index (χ0n) is 15.5. The highest BCUT2D eigenvalue weighted by molar-refractivity contribution is 5.96. The fourth-order valence-electron chi connectivity index (χ4n) is 3.60. The summed E-state index contributed by atoms with van der Waals surface area (Å²) >= 11 is 0. The number of aryl methyl sites for hydroxylation is 1. The van der Waals surface area contributed by atoms with Crippen LogP contribution >= 0.6 is 0 Å². The molecule has 2 aromatic rings. The van der Waals surface area contributed by atoms with Gasteiger partial charge >= 0.3 is 0 Å². The van der Waals surface area contributed by atoms with Crippen LogP contribution in [0.3, 0.4) is 0 Å². The van der Waals surface area contributed by atoms with Crippen LogP contribution in [0.5, 0.6) is 5.75 Å². The number of rotatable bonds is 4. The van der Waals surface area contributed by atoms with Gasteiger partial charge in [-0.25, -0.2) is 0 Å². The molecular formula is C19H24N4O3. The van der Waals surface area contributed by atoms with Crippen molar-refractivity contribution >= 4 is 11.8 Å².